The number of aromatic nitrogens is 1. The number of sulfonamides is 1. The third-order valence-corrected chi connectivity index (χ3v) is 6.67. The summed E-state index contributed by atoms with van der Waals surface area (Å²) in [7, 11) is -3.84. The molecule has 156 valence electrons. The highest BCUT2D eigenvalue weighted by molar-refractivity contribution is 7.89. The predicted octanol–water partition coefficient (Wildman–Crippen LogP) is 2.70. The van der Waals surface area contributed by atoms with E-state index in [9.17, 15) is 13.2 Å². The van der Waals surface area contributed by atoms with Crippen LogP contribution in [0.3, 0.4) is 0 Å². The van der Waals surface area contributed by atoms with E-state index in [1.807, 2.05) is 18.2 Å². The number of pyridine rings is 1. The Hall–Kier alpha value is -3.54. The summed E-state index contributed by atoms with van der Waals surface area (Å²) in [6.45, 7) is 0.787. The van der Waals surface area contributed by atoms with Gasteiger partial charge in [-0.3, -0.25) is 9.78 Å². The monoisotopic (exact) mass is 432 g/mol. The number of hydrogen-bond acceptors (Lipinski definition) is 5. The Morgan fingerprint density at radius 1 is 1.10 bits per heavy atom. The van der Waals surface area contributed by atoms with Crippen molar-refractivity contribution < 1.29 is 13.2 Å². The molecule has 7 nitrogen and oxygen atoms in total. The van der Waals surface area contributed by atoms with Gasteiger partial charge >= 0.3 is 0 Å². The molecule has 0 radical (unpaired) electrons. The van der Waals surface area contributed by atoms with E-state index in [1.165, 1.54) is 12.1 Å². The molecule has 0 saturated carbocycles. The maximum Gasteiger partial charge on any atom is 0.241 e. The summed E-state index contributed by atoms with van der Waals surface area (Å²) in [5.41, 5.74) is 3.11. The van der Waals surface area contributed by atoms with Gasteiger partial charge in [-0.15, -0.1) is 0 Å². The Kier molecular flexibility index (Phi) is 5.80. The lowest BCUT2D eigenvalue weighted by molar-refractivity contribution is -0.129. The summed E-state index contributed by atoms with van der Waals surface area (Å²) < 4.78 is 28.1. The first-order valence-electron chi connectivity index (χ1n) is 9.77. The minimum Gasteiger partial charge on any atom is -0.337 e. The van der Waals surface area contributed by atoms with Gasteiger partial charge < -0.3 is 4.90 Å². The number of nitrogens with one attached hydrogen (secondary N) is 1. The highest BCUT2D eigenvalue weighted by Gasteiger charge is 2.34. The van der Waals surface area contributed by atoms with Crippen LogP contribution in [0.4, 0.5) is 0 Å². The highest BCUT2D eigenvalue weighted by Crippen LogP contribution is 2.22. The van der Waals surface area contributed by atoms with Gasteiger partial charge in [0.05, 0.1) is 16.5 Å². The molecule has 1 aliphatic rings. The van der Waals surface area contributed by atoms with Crippen molar-refractivity contribution in [3.8, 4) is 17.2 Å². The third-order valence-electron chi connectivity index (χ3n) is 5.18. The number of carbonyl (C=O) groups is 1. The number of hydrogen-bond donors (Lipinski definition) is 1. The van der Waals surface area contributed by atoms with Crippen molar-refractivity contribution in [3.63, 3.8) is 0 Å². The van der Waals surface area contributed by atoms with Crippen molar-refractivity contribution in [2.45, 2.75) is 23.9 Å². The van der Waals surface area contributed by atoms with Crippen LogP contribution in [-0.2, 0) is 21.4 Å². The Bertz CT molecular complexity index is 1240. The van der Waals surface area contributed by atoms with Crippen molar-refractivity contribution in [1.29, 1.82) is 5.26 Å². The maximum absolute atomic E-state index is 12.8. The van der Waals surface area contributed by atoms with Crippen molar-refractivity contribution in [1.82, 2.24) is 14.6 Å². The molecule has 1 aliphatic heterocycles. The van der Waals surface area contributed by atoms with Crippen molar-refractivity contribution in [2.75, 3.05) is 6.54 Å². The second kappa shape index (κ2) is 8.68. The second-order valence-corrected chi connectivity index (χ2v) is 9.01. The Labute approximate surface area is 181 Å². The molecule has 1 aromatic heterocycles. The van der Waals surface area contributed by atoms with E-state index in [0.717, 1.165) is 16.7 Å². The number of benzene rings is 2. The van der Waals surface area contributed by atoms with Crippen LogP contribution in [0.25, 0.3) is 11.1 Å². The van der Waals surface area contributed by atoms with Crippen LogP contribution < -0.4 is 4.72 Å². The molecule has 1 atom stereocenters. The fraction of sp³-hybridized carbons (Fsp3) is 0.174. The summed E-state index contributed by atoms with van der Waals surface area (Å²) >= 11 is 0. The van der Waals surface area contributed by atoms with Crippen molar-refractivity contribution in [2.24, 2.45) is 0 Å². The molecular formula is C23H20N4O3S. The third kappa shape index (κ3) is 4.63. The number of carbonyl (C=O) groups excluding carboxylic acids is 1. The van der Waals surface area contributed by atoms with Gasteiger partial charge in [0.15, 0.2) is 0 Å². The molecule has 0 aliphatic carbocycles. The Morgan fingerprint density at radius 3 is 2.61 bits per heavy atom. The lowest BCUT2D eigenvalue weighted by Gasteiger charge is -2.17. The second-order valence-electron chi connectivity index (χ2n) is 7.30. The first-order valence-corrected chi connectivity index (χ1v) is 11.3. The van der Waals surface area contributed by atoms with Crippen LogP contribution in [-0.4, -0.2) is 36.8 Å². The molecule has 0 spiro atoms. The lowest BCUT2D eigenvalue weighted by atomic mass is 10.1. The van der Waals surface area contributed by atoms with Gasteiger partial charge in [-0.05, 0) is 53.4 Å². The lowest BCUT2D eigenvalue weighted by Crippen LogP contribution is -2.41. The van der Waals surface area contributed by atoms with E-state index in [4.69, 9.17) is 5.26 Å². The zero-order valence-electron chi connectivity index (χ0n) is 16.6. The van der Waals surface area contributed by atoms with Crippen LogP contribution >= 0.6 is 0 Å². The largest absolute Gasteiger partial charge is 0.337 e. The molecule has 8 heteroatoms. The first-order chi connectivity index (χ1) is 15.0. The minimum absolute atomic E-state index is 0.105. The molecule has 1 amide bonds. The van der Waals surface area contributed by atoms with Gasteiger partial charge in [-0.25, -0.2) is 8.42 Å². The molecular weight excluding hydrogens is 412 g/mol. The SMILES string of the molecule is N#Cc1cccc(CN2CC[C@H](NS(=O)(=O)c3ccc(-c4cccnc4)cc3)C2=O)c1. The predicted molar refractivity (Wildman–Crippen MR) is 115 cm³/mol. The zero-order valence-corrected chi connectivity index (χ0v) is 17.4. The van der Waals surface area contributed by atoms with E-state index in [1.54, 1.807) is 47.6 Å². The highest BCUT2D eigenvalue weighted by atomic mass is 32.2. The zero-order chi connectivity index (χ0) is 21.8. The van der Waals surface area contributed by atoms with Crippen LogP contribution in [0.5, 0.6) is 0 Å². The van der Waals surface area contributed by atoms with Crippen molar-refractivity contribution in [3.05, 3.63) is 84.2 Å². The van der Waals surface area contributed by atoms with E-state index in [0.29, 0.717) is 25.1 Å². The molecule has 1 fully saturated rings. The van der Waals surface area contributed by atoms with Gasteiger partial charge in [-0.1, -0.05) is 30.3 Å². The van der Waals surface area contributed by atoms with Crippen LogP contribution in [0.15, 0.2) is 78.0 Å². The van der Waals surface area contributed by atoms with Crippen LogP contribution in [0.1, 0.15) is 17.5 Å². The average Bonchev–Trinajstić information content (AvgIpc) is 3.13. The average molecular weight is 433 g/mol. The van der Waals surface area contributed by atoms with Gasteiger partial charge in [0.1, 0.15) is 6.04 Å². The van der Waals surface area contributed by atoms with E-state index in [-0.39, 0.29) is 10.8 Å². The smallest absolute Gasteiger partial charge is 0.241 e. The van der Waals surface area contributed by atoms with E-state index >= 15 is 0 Å². The molecule has 31 heavy (non-hydrogen) atoms. The van der Waals surface area contributed by atoms with Gasteiger partial charge in [0.25, 0.3) is 0 Å². The molecule has 4 rings (SSSR count). The molecule has 1 saturated heterocycles. The van der Waals surface area contributed by atoms with E-state index in [2.05, 4.69) is 15.8 Å². The van der Waals surface area contributed by atoms with Crippen molar-refractivity contribution >= 4 is 15.9 Å². The van der Waals surface area contributed by atoms with Gasteiger partial charge in [-0.2, -0.15) is 9.98 Å². The normalized spacial score (nSPS) is 16.3. The number of rotatable bonds is 6. The molecule has 3 aromatic rings. The Balaban J connectivity index is 1.43. The first kappa shape index (κ1) is 20.7. The minimum atomic E-state index is -3.84. The molecule has 2 aromatic carbocycles. The number of amides is 1. The van der Waals surface area contributed by atoms with Gasteiger partial charge in [0.2, 0.25) is 15.9 Å². The maximum atomic E-state index is 12.8. The van der Waals surface area contributed by atoms with Crippen LogP contribution in [0, 0.1) is 11.3 Å². The standard InChI is InChI=1S/C23H20N4O3S/c24-14-17-3-1-4-18(13-17)16-27-12-10-22(23(27)28)26-31(29,30)21-8-6-19(7-9-21)20-5-2-11-25-15-20/h1-9,11,13,15,22,26H,10,12,16H2/t22-/m0/s1. The summed E-state index contributed by atoms with van der Waals surface area (Å²) in [6.07, 6.45) is 3.78. The van der Waals surface area contributed by atoms with E-state index < -0.39 is 16.1 Å². The topological polar surface area (TPSA) is 103 Å². The number of likely N-dealkylation sites (tertiary alicyclic amines) is 1. The number of nitrogens with zero attached hydrogens (tertiary/aromatic N) is 3. The summed E-state index contributed by atoms with van der Waals surface area (Å²) in [5.74, 6) is -0.266. The molecule has 0 unspecified atom stereocenters. The quantitative estimate of drug-likeness (QED) is 0.645. The fourth-order valence-corrected chi connectivity index (χ4v) is 4.80. The van der Waals surface area contributed by atoms with Gasteiger partial charge in [0, 0.05) is 25.5 Å². The molecule has 2 heterocycles. The van der Waals surface area contributed by atoms with Crippen LogP contribution in [0.2, 0.25) is 0 Å². The molecule has 0 bridgehead atoms. The summed E-state index contributed by atoms with van der Waals surface area (Å²) in [6, 6.07) is 18.5. The molecule has 1 N–H and O–H groups in total. The number of nitriles is 1. The summed E-state index contributed by atoms with van der Waals surface area (Å²) in [5, 5.41) is 9.02. The fourth-order valence-electron chi connectivity index (χ4n) is 3.58. The Morgan fingerprint density at radius 2 is 1.90 bits per heavy atom. The summed E-state index contributed by atoms with van der Waals surface area (Å²) in [4.78, 5) is 18.5.